The minimum Gasteiger partial charge on any atom is -0.477 e. The summed E-state index contributed by atoms with van der Waals surface area (Å²) in [5.74, 6) is -0.180. The maximum atomic E-state index is 10.9. The van der Waals surface area contributed by atoms with Crippen LogP contribution in [-0.2, 0) is 0 Å². The smallest absolute Gasteiger partial charge is 0.354 e. The van der Waals surface area contributed by atoms with Crippen LogP contribution < -0.4 is 10.6 Å². The molecule has 1 unspecified atom stereocenters. The zero-order chi connectivity index (χ0) is 13.1. The molecule has 1 aromatic rings. The SMILES string of the molecule is Cc1cc(NC2=NCC(O)CN2)nc(C(=O)O)c1. The van der Waals surface area contributed by atoms with Crippen molar-refractivity contribution in [1.82, 2.24) is 10.3 Å². The van der Waals surface area contributed by atoms with Crippen molar-refractivity contribution in [3.8, 4) is 0 Å². The highest BCUT2D eigenvalue weighted by Crippen LogP contribution is 2.10. The number of carboxylic acids is 1. The van der Waals surface area contributed by atoms with Gasteiger partial charge in [0.1, 0.15) is 5.82 Å². The molecule has 0 aliphatic carbocycles. The van der Waals surface area contributed by atoms with Gasteiger partial charge in [-0.2, -0.15) is 0 Å². The molecular formula is C11H14N4O3. The van der Waals surface area contributed by atoms with E-state index in [1.54, 1.807) is 13.0 Å². The molecule has 0 bridgehead atoms. The van der Waals surface area contributed by atoms with Gasteiger partial charge in [0.25, 0.3) is 0 Å². The van der Waals surface area contributed by atoms with E-state index < -0.39 is 12.1 Å². The Morgan fingerprint density at radius 3 is 2.94 bits per heavy atom. The quantitative estimate of drug-likeness (QED) is 0.580. The zero-order valence-electron chi connectivity index (χ0n) is 9.84. The number of nitrogens with zero attached hydrogens (tertiary/aromatic N) is 2. The van der Waals surface area contributed by atoms with Gasteiger partial charge in [-0.05, 0) is 24.6 Å². The molecular weight excluding hydrogens is 236 g/mol. The van der Waals surface area contributed by atoms with Crippen molar-refractivity contribution in [1.29, 1.82) is 0 Å². The van der Waals surface area contributed by atoms with Gasteiger partial charge in [-0.25, -0.2) is 9.78 Å². The molecule has 96 valence electrons. The van der Waals surface area contributed by atoms with E-state index in [9.17, 15) is 9.90 Å². The van der Waals surface area contributed by atoms with E-state index in [1.807, 2.05) is 0 Å². The molecule has 7 nitrogen and oxygen atoms in total. The van der Waals surface area contributed by atoms with Crippen LogP contribution in [-0.4, -0.2) is 46.3 Å². The standard InChI is InChI=1S/C11H14N4O3/c1-6-2-8(10(17)18)14-9(3-6)15-11-12-4-7(16)5-13-11/h2-3,7,16H,4-5H2,1H3,(H,17,18)(H2,12,13,14,15). The summed E-state index contributed by atoms with van der Waals surface area (Å²) in [6, 6.07) is 3.22. The van der Waals surface area contributed by atoms with Crippen LogP contribution in [0.1, 0.15) is 16.1 Å². The summed E-state index contributed by atoms with van der Waals surface area (Å²) in [6.07, 6.45) is -0.490. The van der Waals surface area contributed by atoms with E-state index in [4.69, 9.17) is 5.11 Å². The first-order valence-corrected chi connectivity index (χ1v) is 5.50. The number of carboxylic acid groups (broad SMARTS) is 1. The lowest BCUT2D eigenvalue weighted by atomic mass is 10.2. The third-order valence-corrected chi connectivity index (χ3v) is 2.40. The molecule has 0 saturated carbocycles. The number of aromatic carboxylic acids is 1. The second-order valence-electron chi connectivity index (χ2n) is 4.07. The Bertz CT molecular complexity index is 501. The van der Waals surface area contributed by atoms with Crippen LogP contribution in [0.5, 0.6) is 0 Å². The fourth-order valence-corrected chi connectivity index (χ4v) is 1.58. The molecule has 7 heteroatoms. The number of β-amino-alcohol motifs (C(OH)–C–C–N with tert-alkyl or cyclic N) is 1. The summed E-state index contributed by atoms with van der Waals surface area (Å²) in [4.78, 5) is 18.9. The van der Waals surface area contributed by atoms with Crippen molar-refractivity contribution in [2.45, 2.75) is 13.0 Å². The summed E-state index contributed by atoms with van der Waals surface area (Å²) in [5, 5.41) is 23.9. The predicted molar refractivity (Wildman–Crippen MR) is 65.9 cm³/mol. The first kappa shape index (κ1) is 12.3. The van der Waals surface area contributed by atoms with Gasteiger partial charge < -0.3 is 20.8 Å². The molecule has 1 aliphatic heterocycles. The van der Waals surface area contributed by atoms with Gasteiger partial charge in [-0.15, -0.1) is 0 Å². The second-order valence-corrected chi connectivity index (χ2v) is 4.07. The van der Waals surface area contributed by atoms with E-state index in [2.05, 4.69) is 20.6 Å². The summed E-state index contributed by atoms with van der Waals surface area (Å²) in [5.41, 5.74) is 0.773. The van der Waals surface area contributed by atoms with Gasteiger partial charge in [0.15, 0.2) is 11.7 Å². The number of anilines is 1. The number of guanidine groups is 1. The first-order chi connectivity index (χ1) is 8.54. The van der Waals surface area contributed by atoms with E-state index in [1.165, 1.54) is 6.07 Å². The number of aryl methyl sites for hydroxylation is 1. The molecule has 18 heavy (non-hydrogen) atoms. The van der Waals surface area contributed by atoms with Gasteiger partial charge in [0, 0.05) is 6.54 Å². The Morgan fingerprint density at radius 2 is 2.33 bits per heavy atom. The third-order valence-electron chi connectivity index (χ3n) is 2.40. The Hall–Kier alpha value is -2.15. The van der Waals surface area contributed by atoms with Crippen LogP contribution >= 0.6 is 0 Å². The van der Waals surface area contributed by atoms with E-state index >= 15 is 0 Å². The van der Waals surface area contributed by atoms with Gasteiger partial charge >= 0.3 is 5.97 Å². The Labute approximate surface area is 104 Å². The van der Waals surface area contributed by atoms with Crippen LogP contribution in [0, 0.1) is 6.92 Å². The molecule has 2 rings (SSSR count). The number of aliphatic imine (C=N–C) groups is 1. The normalized spacial score (nSPS) is 18.8. The number of aliphatic hydroxyl groups excluding tert-OH is 1. The van der Waals surface area contributed by atoms with Crippen LogP contribution in [0.15, 0.2) is 17.1 Å². The van der Waals surface area contributed by atoms with Crippen molar-refractivity contribution in [2.24, 2.45) is 4.99 Å². The molecule has 0 fully saturated rings. The minimum absolute atomic E-state index is 0.0195. The zero-order valence-corrected chi connectivity index (χ0v) is 9.84. The van der Waals surface area contributed by atoms with Gasteiger partial charge in [-0.1, -0.05) is 0 Å². The first-order valence-electron chi connectivity index (χ1n) is 5.50. The molecule has 4 N–H and O–H groups in total. The number of carbonyl (C=O) groups is 1. The molecule has 1 aliphatic rings. The monoisotopic (exact) mass is 250 g/mol. The number of hydrogen-bond donors (Lipinski definition) is 4. The second kappa shape index (κ2) is 5.01. The molecule has 0 saturated heterocycles. The summed E-state index contributed by atoms with van der Waals surface area (Å²) in [7, 11) is 0. The highest BCUT2D eigenvalue weighted by Gasteiger charge is 2.13. The lowest BCUT2D eigenvalue weighted by Crippen LogP contribution is -2.42. The molecule has 2 heterocycles. The average molecular weight is 250 g/mol. The number of rotatable bonds is 2. The molecule has 1 atom stereocenters. The van der Waals surface area contributed by atoms with Crippen LogP contribution in [0.4, 0.5) is 5.82 Å². The van der Waals surface area contributed by atoms with Crippen molar-refractivity contribution in [3.63, 3.8) is 0 Å². The fourth-order valence-electron chi connectivity index (χ4n) is 1.58. The van der Waals surface area contributed by atoms with Crippen molar-refractivity contribution in [3.05, 3.63) is 23.4 Å². The lowest BCUT2D eigenvalue weighted by molar-refractivity contribution is 0.0690. The Morgan fingerprint density at radius 1 is 1.56 bits per heavy atom. The van der Waals surface area contributed by atoms with E-state index in [0.29, 0.717) is 24.9 Å². The number of aromatic nitrogens is 1. The number of aliphatic hydroxyl groups is 1. The maximum absolute atomic E-state index is 10.9. The highest BCUT2D eigenvalue weighted by molar-refractivity contribution is 5.94. The highest BCUT2D eigenvalue weighted by atomic mass is 16.4. The molecule has 1 aromatic heterocycles. The van der Waals surface area contributed by atoms with E-state index in [-0.39, 0.29) is 5.69 Å². The average Bonchev–Trinajstić information content (AvgIpc) is 2.31. The Balaban J connectivity index is 2.16. The minimum atomic E-state index is -1.07. The fraction of sp³-hybridized carbons (Fsp3) is 0.364. The lowest BCUT2D eigenvalue weighted by Gasteiger charge is -2.19. The van der Waals surface area contributed by atoms with Crippen molar-refractivity contribution in [2.75, 3.05) is 18.4 Å². The van der Waals surface area contributed by atoms with Crippen LogP contribution in [0.2, 0.25) is 0 Å². The van der Waals surface area contributed by atoms with Crippen molar-refractivity contribution < 1.29 is 15.0 Å². The Kier molecular flexibility index (Phi) is 3.42. The van der Waals surface area contributed by atoms with Crippen LogP contribution in [0.25, 0.3) is 0 Å². The molecule has 0 aromatic carbocycles. The van der Waals surface area contributed by atoms with Crippen LogP contribution in [0.3, 0.4) is 0 Å². The van der Waals surface area contributed by atoms with Gasteiger partial charge in [-0.3, -0.25) is 4.99 Å². The molecule has 0 amide bonds. The number of nitrogens with one attached hydrogen (secondary N) is 2. The largest absolute Gasteiger partial charge is 0.477 e. The number of pyridine rings is 1. The number of hydrogen-bond acceptors (Lipinski definition) is 6. The van der Waals surface area contributed by atoms with Gasteiger partial charge in [0.2, 0.25) is 0 Å². The summed E-state index contributed by atoms with van der Waals surface area (Å²) in [6.45, 7) is 2.51. The summed E-state index contributed by atoms with van der Waals surface area (Å²) < 4.78 is 0. The topological polar surface area (TPSA) is 107 Å². The third kappa shape index (κ3) is 2.95. The molecule has 0 spiro atoms. The maximum Gasteiger partial charge on any atom is 0.354 e. The van der Waals surface area contributed by atoms with Gasteiger partial charge in [0.05, 0.1) is 12.6 Å². The molecule has 0 radical (unpaired) electrons. The predicted octanol–water partition coefficient (Wildman–Crippen LogP) is -0.180. The van der Waals surface area contributed by atoms with E-state index in [0.717, 1.165) is 5.56 Å². The summed E-state index contributed by atoms with van der Waals surface area (Å²) >= 11 is 0. The van der Waals surface area contributed by atoms with Crippen molar-refractivity contribution >= 4 is 17.7 Å².